The van der Waals surface area contributed by atoms with Crippen LogP contribution in [0.25, 0.3) is 0 Å². The standard InChI is InChI=1S/C38H72O6/c1-5-7-9-11-12-13-14-15-16-17-22-25-29-36(39)42-32-35(44-38(41)31-27-20-10-8-6-2)33-43-37(40)30-26-23-19-18-21-24-28-34(3)4/h34-35H,5-33H2,1-4H3/t35-/m0/s1. The summed E-state index contributed by atoms with van der Waals surface area (Å²) < 4.78 is 16.5. The average Bonchev–Trinajstić information content (AvgIpc) is 3.00. The zero-order valence-corrected chi connectivity index (χ0v) is 29.6. The molecule has 6 heteroatoms. The van der Waals surface area contributed by atoms with Crippen LogP contribution >= 0.6 is 0 Å². The third-order valence-electron chi connectivity index (χ3n) is 8.29. The zero-order chi connectivity index (χ0) is 32.5. The maximum absolute atomic E-state index is 12.4. The average molecular weight is 625 g/mol. The van der Waals surface area contributed by atoms with Gasteiger partial charge in [-0.05, 0) is 25.2 Å². The molecule has 0 unspecified atom stereocenters. The van der Waals surface area contributed by atoms with Crippen molar-refractivity contribution in [3.8, 4) is 0 Å². The molecule has 0 bridgehead atoms. The quantitative estimate of drug-likeness (QED) is 0.0410. The Kier molecular flexibility index (Phi) is 31.6. The molecule has 1 atom stereocenters. The van der Waals surface area contributed by atoms with Gasteiger partial charge in [-0.25, -0.2) is 0 Å². The predicted molar refractivity (Wildman–Crippen MR) is 183 cm³/mol. The van der Waals surface area contributed by atoms with E-state index in [0.717, 1.165) is 70.1 Å². The lowest BCUT2D eigenvalue weighted by Gasteiger charge is -2.18. The molecule has 0 aliphatic rings. The molecule has 260 valence electrons. The van der Waals surface area contributed by atoms with E-state index in [1.807, 2.05) is 0 Å². The summed E-state index contributed by atoms with van der Waals surface area (Å²) in [7, 11) is 0. The van der Waals surface area contributed by atoms with Crippen LogP contribution in [0.4, 0.5) is 0 Å². The van der Waals surface area contributed by atoms with Crippen molar-refractivity contribution in [3.63, 3.8) is 0 Å². The van der Waals surface area contributed by atoms with Gasteiger partial charge in [0, 0.05) is 19.3 Å². The van der Waals surface area contributed by atoms with Gasteiger partial charge in [-0.3, -0.25) is 14.4 Å². The Hall–Kier alpha value is -1.59. The van der Waals surface area contributed by atoms with Crippen molar-refractivity contribution >= 4 is 17.9 Å². The summed E-state index contributed by atoms with van der Waals surface area (Å²) in [5.74, 6) is -0.121. The Labute approximate surface area is 272 Å². The molecule has 44 heavy (non-hydrogen) atoms. The van der Waals surface area contributed by atoms with Crippen molar-refractivity contribution in [2.24, 2.45) is 5.92 Å². The summed E-state index contributed by atoms with van der Waals surface area (Å²) >= 11 is 0. The number of unbranched alkanes of at least 4 members (excludes halogenated alkanes) is 20. The molecule has 0 rings (SSSR count). The molecular formula is C38H72O6. The number of carbonyl (C=O) groups is 3. The maximum atomic E-state index is 12.4. The first-order valence-electron chi connectivity index (χ1n) is 18.9. The molecule has 0 N–H and O–H groups in total. The number of rotatable bonds is 33. The molecule has 0 radical (unpaired) electrons. The van der Waals surface area contributed by atoms with Gasteiger partial charge in [0.1, 0.15) is 13.2 Å². The highest BCUT2D eigenvalue weighted by Gasteiger charge is 2.19. The van der Waals surface area contributed by atoms with Crippen molar-refractivity contribution in [1.82, 2.24) is 0 Å². The lowest BCUT2D eigenvalue weighted by Crippen LogP contribution is -2.30. The Balaban J connectivity index is 4.23. The van der Waals surface area contributed by atoms with Crippen LogP contribution in [0.1, 0.15) is 201 Å². The predicted octanol–water partition coefficient (Wildman–Crippen LogP) is 11.2. The molecule has 0 aliphatic carbocycles. The van der Waals surface area contributed by atoms with Crippen LogP contribution in [0.3, 0.4) is 0 Å². The van der Waals surface area contributed by atoms with Crippen LogP contribution in [0, 0.1) is 5.92 Å². The number of carbonyl (C=O) groups excluding carboxylic acids is 3. The molecule has 0 heterocycles. The summed E-state index contributed by atoms with van der Waals surface area (Å²) in [6.07, 6.45) is 28.4. The fraction of sp³-hybridized carbons (Fsp3) is 0.921. The van der Waals surface area contributed by atoms with Crippen LogP contribution in [0.2, 0.25) is 0 Å². The Morgan fingerprint density at radius 2 is 0.750 bits per heavy atom. The second-order valence-electron chi connectivity index (χ2n) is 13.3. The van der Waals surface area contributed by atoms with Crippen molar-refractivity contribution in [2.75, 3.05) is 13.2 Å². The minimum Gasteiger partial charge on any atom is -0.462 e. The maximum Gasteiger partial charge on any atom is 0.306 e. The molecular weight excluding hydrogens is 552 g/mol. The highest BCUT2D eigenvalue weighted by molar-refractivity contribution is 5.71. The van der Waals surface area contributed by atoms with Gasteiger partial charge in [0.15, 0.2) is 6.10 Å². The third-order valence-corrected chi connectivity index (χ3v) is 8.29. The number of esters is 3. The van der Waals surface area contributed by atoms with Gasteiger partial charge < -0.3 is 14.2 Å². The lowest BCUT2D eigenvalue weighted by molar-refractivity contribution is -0.167. The number of hydrogen-bond donors (Lipinski definition) is 0. The first-order valence-corrected chi connectivity index (χ1v) is 18.9. The highest BCUT2D eigenvalue weighted by atomic mass is 16.6. The summed E-state index contributed by atoms with van der Waals surface area (Å²) in [6.45, 7) is 8.80. The van der Waals surface area contributed by atoms with E-state index in [1.165, 1.54) is 89.9 Å². The van der Waals surface area contributed by atoms with Gasteiger partial charge >= 0.3 is 17.9 Å². The van der Waals surface area contributed by atoms with Crippen LogP contribution < -0.4 is 0 Å². The van der Waals surface area contributed by atoms with Crippen LogP contribution in [-0.2, 0) is 28.6 Å². The molecule has 0 aromatic rings. The minimum absolute atomic E-state index is 0.0671. The zero-order valence-electron chi connectivity index (χ0n) is 29.6. The number of ether oxygens (including phenoxy) is 3. The first kappa shape index (κ1) is 42.4. The van der Waals surface area contributed by atoms with E-state index in [9.17, 15) is 14.4 Å². The lowest BCUT2D eigenvalue weighted by atomic mass is 10.0. The SMILES string of the molecule is CCCCCCCCCCCCCCC(=O)OC[C@@H](COC(=O)CCCCCCCCC(C)C)OC(=O)CCCCCCC. The largest absolute Gasteiger partial charge is 0.462 e. The van der Waals surface area contributed by atoms with E-state index in [-0.39, 0.29) is 31.1 Å². The van der Waals surface area contributed by atoms with Gasteiger partial charge in [-0.15, -0.1) is 0 Å². The van der Waals surface area contributed by atoms with E-state index in [2.05, 4.69) is 27.7 Å². The van der Waals surface area contributed by atoms with Crippen LogP contribution in [-0.4, -0.2) is 37.2 Å². The summed E-state index contributed by atoms with van der Waals surface area (Å²) in [5.41, 5.74) is 0. The molecule has 0 aliphatic heterocycles. The minimum atomic E-state index is -0.756. The molecule has 0 saturated heterocycles. The summed E-state index contributed by atoms with van der Waals surface area (Å²) in [5, 5.41) is 0. The fourth-order valence-corrected chi connectivity index (χ4v) is 5.39. The van der Waals surface area contributed by atoms with E-state index < -0.39 is 6.10 Å². The van der Waals surface area contributed by atoms with E-state index >= 15 is 0 Å². The van der Waals surface area contributed by atoms with Crippen molar-refractivity contribution in [1.29, 1.82) is 0 Å². The topological polar surface area (TPSA) is 78.9 Å². The van der Waals surface area contributed by atoms with Gasteiger partial charge in [-0.2, -0.15) is 0 Å². The molecule has 0 amide bonds. The van der Waals surface area contributed by atoms with Gasteiger partial charge in [0.25, 0.3) is 0 Å². The van der Waals surface area contributed by atoms with Crippen molar-refractivity contribution < 1.29 is 28.6 Å². The van der Waals surface area contributed by atoms with Crippen LogP contribution in [0.15, 0.2) is 0 Å². The summed E-state index contributed by atoms with van der Waals surface area (Å²) in [4.78, 5) is 37.1. The number of hydrogen-bond acceptors (Lipinski definition) is 6. The van der Waals surface area contributed by atoms with E-state index in [4.69, 9.17) is 14.2 Å². The fourth-order valence-electron chi connectivity index (χ4n) is 5.39. The highest BCUT2D eigenvalue weighted by Crippen LogP contribution is 2.14. The molecule has 0 aromatic carbocycles. The normalized spacial score (nSPS) is 11.9. The molecule has 0 fully saturated rings. The monoisotopic (exact) mass is 625 g/mol. The Morgan fingerprint density at radius 3 is 1.11 bits per heavy atom. The van der Waals surface area contributed by atoms with Gasteiger partial charge in [0.05, 0.1) is 0 Å². The van der Waals surface area contributed by atoms with Gasteiger partial charge in [0.2, 0.25) is 0 Å². The van der Waals surface area contributed by atoms with E-state index in [0.29, 0.717) is 19.3 Å². The van der Waals surface area contributed by atoms with Gasteiger partial charge in [-0.1, -0.05) is 163 Å². The third kappa shape index (κ3) is 31.8. The van der Waals surface area contributed by atoms with Crippen molar-refractivity contribution in [2.45, 2.75) is 207 Å². The second-order valence-corrected chi connectivity index (χ2v) is 13.3. The molecule has 6 nitrogen and oxygen atoms in total. The molecule has 0 aromatic heterocycles. The van der Waals surface area contributed by atoms with Crippen LogP contribution in [0.5, 0.6) is 0 Å². The molecule has 0 spiro atoms. The Morgan fingerprint density at radius 1 is 0.432 bits per heavy atom. The molecule has 0 saturated carbocycles. The smallest absolute Gasteiger partial charge is 0.306 e. The second kappa shape index (κ2) is 32.8. The van der Waals surface area contributed by atoms with Crippen molar-refractivity contribution in [3.05, 3.63) is 0 Å². The van der Waals surface area contributed by atoms with E-state index in [1.54, 1.807) is 0 Å². The first-order chi connectivity index (χ1) is 21.4. The summed E-state index contributed by atoms with van der Waals surface area (Å²) in [6, 6.07) is 0. The Bertz CT molecular complexity index is 662.